The van der Waals surface area contributed by atoms with Gasteiger partial charge in [0.05, 0.1) is 6.42 Å². The Morgan fingerprint density at radius 3 is 2.43 bits per heavy atom. The summed E-state index contributed by atoms with van der Waals surface area (Å²) >= 11 is 0. The SMILES string of the molecule is CN(C)c1ncccc1CNC(=O)Cc1ccc(N)cc1.Cl.Cl. The van der Waals surface area contributed by atoms with E-state index in [2.05, 4.69) is 10.3 Å². The maximum absolute atomic E-state index is 12.0. The Morgan fingerprint density at radius 1 is 1.17 bits per heavy atom. The highest BCUT2D eigenvalue weighted by Gasteiger charge is 2.08. The van der Waals surface area contributed by atoms with Crippen molar-refractivity contribution in [1.29, 1.82) is 0 Å². The third kappa shape index (κ3) is 6.34. The Bertz CT molecular complexity index is 618. The third-order valence-corrected chi connectivity index (χ3v) is 3.11. The number of carbonyl (C=O) groups is 1. The van der Waals surface area contributed by atoms with Crippen molar-refractivity contribution in [2.45, 2.75) is 13.0 Å². The standard InChI is InChI=1S/C16H20N4O.2ClH/c1-20(2)16-13(4-3-9-18-16)11-19-15(21)10-12-5-7-14(17)8-6-12;;/h3-9H,10-11,17H2,1-2H3,(H,19,21);2*1H. The molecule has 5 nitrogen and oxygen atoms in total. The van der Waals surface area contributed by atoms with Gasteiger partial charge >= 0.3 is 0 Å². The fourth-order valence-electron chi connectivity index (χ4n) is 2.05. The largest absolute Gasteiger partial charge is 0.399 e. The number of nitrogens with two attached hydrogens (primary N) is 1. The lowest BCUT2D eigenvalue weighted by Gasteiger charge is -2.16. The van der Waals surface area contributed by atoms with Gasteiger partial charge in [-0.2, -0.15) is 0 Å². The maximum Gasteiger partial charge on any atom is 0.224 e. The highest BCUT2D eigenvalue weighted by Crippen LogP contribution is 2.14. The number of nitrogens with zero attached hydrogens (tertiary/aromatic N) is 2. The zero-order valence-corrected chi connectivity index (χ0v) is 14.8. The van der Waals surface area contributed by atoms with Crippen LogP contribution in [-0.4, -0.2) is 25.0 Å². The second kappa shape index (κ2) is 9.92. The molecule has 0 aliphatic heterocycles. The van der Waals surface area contributed by atoms with Gasteiger partial charge in [0, 0.05) is 38.1 Å². The highest BCUT2D eigenvalue weighted by molar-refractivity contribution is 5.85. The smallest absolute Gasteiger partial charge is 0.224 e. The summed E-state index contributed by atoms with van der Waals surface area (Å²) in [6, 6.07) is 11.2. The van der Waals surface area contributed by atoms with E-state index < -0.39 is 0 Å². The molecule has 126 valence electrons. The number of halogens is 2. The van der Waals surface area contributed by atoms with Crippen LogP contribution >= 0.6 is 24.8 Å². The molecule has 0 saturated heterocycles. The minimum Gasteiger partial charge on any atom is -0.399 e. The van der Waals surface area contributed by atoms with Crippen molar-refractivity contribution in [3.8, 4) is 0 Å². The van der Waals surface area contributed by atoms with Gasteiger partial charge in [-0.25, -0.2) is 4.98 Å². The van der Waals surface area contributed by atoms with Crippen LogP contribution in [0.4, 0.5) is 11.5 Å². The first-order valence-corrected chi connectivity index (χ1v) is 6.78. The van der Waals surface area contributed by atoms with Crippen LogP contribution in [0.3, 0.4) is 0 Å². The molecule has 1 aromatic heterocycles. The van der Waals surface area contributed by atoms with Crippen LogP contribution < -0.4 is 16.0 Å². The normalized spacial score (nSPS) is 9.30. The van der Waals surface area contributed by atoms with Crippen LogP contribution in [0.15, 0.2) is 42.6 Å². The van der Waals surface area contributed by atoms with E-state index in [1.54, 1.807) is 18.3 Å². The molecule has 0 radical (unpaired) electrons. The zero-order chi connectivity index (χ0) is 15.2. The molecular formula is C16H22Cl2N4O. The zero-order valence-electron chi connectivity index (χ0n) is 13.2. The molecule has 7 heteroatoms. The summed E-state index contributed by atoms with van der Waals surface area (Å²) < 4.78 is 0. The van der Waals surface area contributed by atoms with E-state index in [1.165, 1.54) is 0 Å². The topological polar surface area (TPSA) is 71.2 Å². The molecule has 2 aromatic rings. The van der Waals surface area contributed by atoms with Gasteiger partial charge in [-0.3, -0.25) is 4.79 Å². The Hall–Kier alpha value is -1.98. The quantitative estimate of drug-likeness (QED) is 0.807. The molecule has 0 aliphatic rings. The summed E-state index contributed by atoms with van der Waals surface area (Å²) in [6.07, 6.45) is 2.09. The number of nitrogen functional groups attached to an aromatic ring is 1. The average Bonchev–Trinajstić information content (AvgIpc) is 2.48. The summed E-state index contributed by atoms with van der Waals surface area (Å²) in [5, 5.41) is 2.92. The minimum absolute atomic E-state index is 0. The van der Waals surface area contributed by atoms with Crippen LogP contribution in [0.2, 0.25) is 0 Å². The van der Waals surface area contributed by atoms with E-state index in [4.69, 9.17) is 5.73 Å². The number of amides is 1. The second-order valence-electron chi connectivity index (χ2n) is 5.08. The van der Waals surface area contributed by atoms with Gasteiger partial charge in [-0.1, -0.05) is 18.2 Å². The number of rotatable bonds is 5. The molecule has 2 rings (SSSR count). The number of pyridine rings is 1. The first kappa shape index (κ1) is 21.0. The Balaban J connectivity index is 0.00000242. The Morgan fingerprint density at radius 2 is 1.83 bits per heavy atom. The lowest BCUT2D eigenvalue weighted by atomic mass is 10.1. The van der Waals surface area contributed by atoms with E-state index in [0.29, 0.717) is 18.7 Å². The van der Waals surface area contributed by atoms with E-state index in [1.807, 2.05) is 43.3 Å². The lowest BCUT2D eigenvalue weighted by Crippen LogP contribution is -2.26. The van der Waals surface area contributed by atoms with Crippen LogP contribution in [0.5, 0.6) is 0 Å². The molecule has 0 unspecified atom stereocenters. The number of carbonyl (C=O) groups excluding carboxylic acids is 1. The molecule has 1 amide bonds. The summed E-state index contributed by atoms with van der Waals surface area (Å²) in [4.78, 5) is 18.2. The van der Waals surface area contributed by atoms with Gasteiger partial charge in [0.2, 0.25) is 5.91 Å². The van der Waals surface area contributed by atoms with E-state index in [-0.39, 0.29) is 30.7 Å². The van der Waals surface area contributed by atoms with Crippen molar-refractivity contribution in [3.05, 3.63) is 53.7 Å². The van der Waals surface area contributed by atoms with Crippen molar-refractivity contribution in [3.63, 3.8) is 0 Å². The fraction of sp³-hybridized carbons (Fsp3) is 0.250. The van der Waals surface area contributed by atoms with Crippen molar-refractivity contribution < 1.29 is 4.79 Å². The Kier molecular flexibility index (Phi) is 9.07. The number of benzene rings is 1. The van der Waals surface area contributed by atoms with Crippen LogP contribution in [0.1, 0.15) is 11.1 Å². The molecule has 1 heterocycles. The highest BCUT2D eigenvalue weighted by atomic mass is 35.5. The van der Waals surface area contributed by atoms with Crippen molar-refractivity contribution in [2.24, 2.45) is 0 Å². The molecule has 0 aliphatic carbocycles. The number of nitrogens with one attached hydrogen (secondary N) is 1. The summed E-state index contributed by atoms with van der Waals surface area (Å²) in [5.41, 5.74) is 8.26. The second-order valence-corrected chi connectivity index (χ2v) is 5.08. The molecule has 0 atom stereocenters. The number of hydrogen-bond donors (Lipinski definition) is 2. The average molecular weight is 357 g/mol. The molecular weight excluding hydrogens is 335 g/mol. The molecule has 0 spiro atoms. The molecule has 0 bridgehead atoms. The predicted octanol–water partition coefficient (Wildman–Crippen LogP) is 2.43. The molecule has 0 fully saturated rings. The minimum atomic E-state index is -0.0201. The van der Waals surface area contributed by atoms with Gasteiger partial charge in [0.15, 0.2) is 0 Å². The summed E-state index contributed by atoms with van der Waals surface area (Å²) in [6.45, 7) is 0.467. The van der Waals surface area contributed by atoms with Crippen LogP contribution in [-0.2, 0) is 17.8 Å². The monoisotopic (exact) mass is 356 g/mol. The van der Waals surface area contributed by atoms with E-state index >= 15 is 0 Å². The van der Waals surface area contributed by atoms with Crippen LogP contribution in [0.25, 0.3) is 0 Å². The Labute approximate surface area is 149 Å². The maximum atomic E-state index is 12.0. The lowest BCUT2D eigenvalue weighted by molar-refractivity contribution is -0.120. The van der Waals surface area contributed by atoms with Gasteiger partial charge in [0.1, 0.15) is 5.82 Å². The van der Waals surface area contributed by atoms with Gasteiger partial charge < -0.3 is 16.0 Å². The summed E-state index contributed by atoms with van der Waals surface area (Å²) in [5.74, 6) is 0.846. The van der Waals surface area contributed by atoms with Gasteiger partial charge in [-0.15, -0.1) is 24.8 Å². The van der Waals surface area contributed by atoms with Crippen molar-refractivity contribution in [2.75, 3.05) is 24.7 Å². The van der Waals surface area contributed by atoms with Crippen molar-refractivity contribution >= 4 is 42.2 Å². The first-order chi connectivity index (χ1) is 10.1. The van der Waals surface area contributed by atoms with Crippen molar-refractivity contribution in [1.82, 2.24) is 10.3 Å². The van der Waals surface area contributed by atoms with E-state index in [9.17, 15) is 4.79 Å². The van der Waals surface area contributed by atoms with E-state index in [0.717, 1.165) is 16.9 Å². The fourth-order valence-corrected chi connectivity index (χ4v) is 2.05. The number of anilines is 2. The molecule has 1 aromatic carbocycles. The van der Waals surface area contributed by atoms with Crippen LogP contribution in [0, 0.1) is 0 Å². The molecule has 23 heavy (non-hydrogen) atoms. The van der Waals surface area contributed by atoms with Gasteiger partial charge in [-0.05, 0) is 23.8 Å². The number of hydrogen-bond acceptors (Lipinski definition) is 4. The molecule has 3 N–H and O–H groups in total. The number of aromatic nitrogens is 1. The first-order valence-electron chi connectivity index (χ1n) is 6.78. The summed E-state index contributed by atoms with van der Waals surface area (Å²) in [7, 11) is 3.87. The predicted molar refractivity (Wildman–Crippen MR) is 99.5 cm³/mol. The molecule has 0 saturated carbocycles. The van der Waals surface area contributed by atoms with Gasteiger partial charge in [0.25, 0.3) is 0 Å². The third-order valence-electron chi connectivity index (χ3n) is 3.11.